The van der Waals surface area contributed by atoms with Gasteiger partial charge in [-0.1, -0.05) is 18.2 Å². The van der Waals surface area contributed by atoms with Gasteiger partial charge in [-0.2, -0.15) is 0 Å². The van der Waals surface area contributed by atoms with Crippen molar-refractivity contribution in [2.75, 3.05) is 18.0 Å². The molecule has 96 valence electrons. The Balaban J connectivity index is 1.86. The molecule has 3 rings (SSSR count). The van der Waals surface area contributed by atoms with Crippen molar-refractivity contribution in [1.82, 2.24) is 4.98 Å². The lowest BCUT2D eigenvalue weighted by Gasteiger charge is -2.16. The molecule has 0 N–H and O–H groups in total. The van der Waals surface area contributed by atoms with Crippen LogP contribution in [0, 0.1) is 0 Å². The van der Waals surface area contributed by atoms with E-state index in [0.29, 0.717) is 5.56 Å². The van der Waals surface area contributed by atoms with E-state index in [-0.39, 0.29) is 0 Å². The van der Waals surface area contributed by atoms with Gasteiger partial charge in [0.1, 0.15) is 12.1 Å². The number of nitrogens with zero attached hydrogens (tertiary/aromatic N) is 2. The summed E-state index contributed by atoms with van der Waals surface area (Å²) in [4.78, 5) is 17.6. The number of benzene rings is 1. The molecule has 1 aliphatic heterocycles. The van der Waals surface area contributed by atoms with Gasteiger partial charge in [0.05, 0.1) is 0 Å². The van der Waals surface area contributed by atoms with Gasteiger partial charge in [0, 0.05) is 30.4 Å². The third-order valence-corrected chi connectivity index (χ3v) is 3.53. The predicted octanol–water partition coefficient (Wildman–Crippen LogP) is 3.16. The fraction of sp³-hybridized carbons (Fsp3) is 0.250. The van der Waals surface area contributed by atoms with Gasteiger partial charge >= 0.3 is 0 Å². The quantitative estimate of drug-likeness (QED) is 0.787. The zero-order valence-corrected chi connectivity index (χ0v) is 10.7. The highest BCUT2D eigenvalue weighted by atomic mass is 16.1. The summed E-state index contributed by atoms with van der Waals surface area (Å²) in [5.74, 6) is 1.05. The van der Waals surface area contributed by atoms with Gasteiger partial charge in [-0.3, -0.25) is 4.79 Å². The fourth-order valence-electron chi connectivity index (χ4n) is 2.48. The van der Waals surface area contributed by atoms with E-state index in [1.165, 1.54) is 12.8 Å². The summed E-state index contributed by atoms with van der Waals surface area (Å²) < 4.78 is 0. The molecule has 1 aromatic carbocycles. The lowest BCUT2D eigenvalue weighted by atomic mass is 10.1. The van der Waals surface area contributed by atoms with E-state index in [1.54, 1.807) is 0 Å². The first-order valence-corrected chi connectivity index (χ1v) is 6.63. The van der Waals surface area contributed by atoms with Gasteiger partial charge in [0.25, 0.3) is 0 Å². The highest BCUT2D eigenvalue weighted by molar-refractivity contribution is 5.78. The summed E-state index contributed by atoms with van der Waals surface area (Å²) in [6.45, 7) is 2.21. The highest BCUT2D eigenvalue weighted by Gasteiger charge is 2.13. The van der Waals surface area contributed by atoms with Crippen LogP contribution in [0.15, 0.2) is 42.6 Å². The summed E-state index contributed by atoms with van der Waals surface area (Å²) in [6, 6.07) is 11.7. The Labute approximate surface area is 112 Å². The van der Waals surface area contributed by atoms with E-state index in [1.807, 2.05) is 30.5 Å². The lowest BCUT2D eigenvalue weighted by Crippen LogP contribution is -2.18. The minimum atomic E-state index is 0.695. The second kappa shape index (κ2) is 5.22. The van der Waals surface area contributed by atoms with Crippen LogP contribution in [0.4, 0.5) is 5.82 Å². The Morgan fingerprint density at radius 2 is 1.89 bits per heavy atom. The minimum Gasteiger partial charge on any atom is -0.357 e. The van der Waals surface area contributed by atoms with E-state index < -0.39 is 0 Å². The molecule has 0 saturated carbocycles. The third-order valence-electron chi connectivity index (χ3n) is 3.53. The van der Waals surface area contributed by atoms with Crippen molar-refractivity contribution in [2.45, 2.75) is 12.8 Å². The molecule has 0 spiro atoms. The second-order valence-electron chi connectivity index (χ2n) is 4.84. The van der Waals surface area contributed by atoms with Gasteiger partial charge in [0.2, 0.25) is 0 Å². The molecule has 3 nitrogen and oxygen atoms in total. The molecule has 0 unspecified atom stereocenters. The molecular formula is C16H16N2O. The topological polar surface area (TPSA) is 33.2 Å². The van der Waals surface area contributed by atoms with Gasteiger partial charge in [0.15, 0.2) is 0 Å². The molecule has 1 aromatic heterocycles. The molecule has 0 bridgehead atoms. The van der Waals surface area contributed by atoms with Gasteiger partial charge in [-0.05, 0) is 36.6 Å². The maximum absolute atomic E-state index is 10.8. The summed E-state index contributed by atoms with van der Waals surface area (Å²) in [7, 11) is 0. The van der Waals surface area contributed by atoms with Gasteiger partial charge in [-0.25, -0.2) is 4.98 Å². The van der Waals surface area contributed by atoms with Crippen LogP contribution in [-0.4, -0.2) is 24.4 Å². The Kier molecular flexibility index (Phi) is 3.27. The fourth-order valence-corrected chi connectivity index (χ4v) is 2.48. The molecule has 1 saturated heterocycles. The molecule has 1 aliphatic rings. The number of aromatic nitrogens is 1. The van der Waals surface area contributed by atoms with E-state index in [2.05, 4.69) is 22.0 Å². The van der Waals surface area contributed by atoms with E-state index in [9.17, 15) is 4.79 Å². The van der Waals surface area contributed by atoms with Crippen LogP contribution in [0.5, 0.6) is 0 Å². The number of carbonyl (C=O) groups excluding carboxylic acids is 1. The van der Waals surface area contributed by atoms with Crippen molar-refractivity contribution in [2.24, 2.45) is 0 Å². The molecule has 0 radical (unpaired) electrons. The molecule has 2 heterocycles. The summed E-state index contributed by atoms with van der Waals surface area (Å²) in [5, 5.41) is 0. The first-order valence-electron chi connectivity index (χ1n) is 6.63. The van der Waals surface area contributed by atoms with Crippen molar-refractivity contribution < 1.29 is 4.79 Å². The molecule has 0 aliphatic carbocycles. The standard InChI is InChI=1S/C16H16N2O/c19-12-13-4-3-5-14(10-13)15-6-7-16(17-11-15)18-8-1-2-9-18/h3-7,10-12H,1-2,8-9H2. The Morgan fingerprint density at radius 3 is 2.58 bits per heavy atom. The molecule has 1 fully saturated rings. The first-order chi connectivity index (χ1) is 9.36. The molecule has 19 heavy (non-hydrogen) atoms. The van der Waals surface area contributed by atoms with E-state index >= 15 is 0 Å². The summed E-state index contributed by atoms with van der Waals surface area (Å²) in [6.07, 6.45) is 5.27. The predicted molar refractivity (Wildman–Crippen MR) is 76.5 cm³/mol. The molecule has 0 atom stereocenters. The van der Waals surface area contributed by atoms with Crippen molar-refractivity contribution >= 4 is 12.1 Å². The second-order valence-corrected chi connectivity index (χ2v) is 4.84. The number of hydrogen-bond donors (Lipinski definition) is 0. The molecular weight excluding hydrogens is 236 g/mol. The summed E-state index contributed by atoms with van der Waals surface area (Å²) in [5.41, 5.74) is 2.78. The van der Waals surface area contributed by atoms with Crippen LogP contribution in [0.25, 0.3) is 11.1 Å². The van der Waals surface area contributed by atoms with Crippen LogP contribution in [0.3, 0.4) is 0 Å². The minimum absolute atomic E-state index is 0.695. The van der Waals surface area contributed by atoms with Crippen LogP contribution < -0.4 is 4.90 Å². The third kappa shape index (κ3) is 2.50. The number of pyridine rings is 1. The van der Waals surface area contributed by atoms with Crippen molar-refractivity contribution in [3.63, 3.8) is 0 Å². The zero-order chi connectivity index (χ0) is 13.1. The Hall–Kier alpha value is -2.16. The SMILES string of the molecule is O=Cc1cccc(-c2ccc(N3CCCC3)nc2)c1. The monoisotopic (exact) mass is 252 g/mol. The molecule has 0 amide bonds. The van der Waals surface area contributed by atoms with Crippen LogP contribution >= 0.6 is 0 Å². The maximum atomic E-state index is 10.8. The largest absolute Gasteiger partial charge is 0.357 e. The lowest BCUT2D eigenvalue weighted by molar-refractivity contribution is 0.112. The van der Waals surface area contributed by atoms with Crippen molar-refractivity contribution in [3.05, 3.63) is 48.2 Å². The molecule has 3 heteroatoms. The number of rotatable bonds is 3. The first kappa shape index (κ1) is 11.9. The molecule has 2 aromatic rings. The zero-order valence-electron chi connectivity index (χ0n) is 10.7. The smallest absolute Gasteiger partial charge is 0.150 e. The average molecular weight is 252 g/mol. The number of aldehydes is 1. The van der Waals surface area contributed by atoms with Crippen molar-refractivity contribution in [1.29, 1.82) is 0 Å². The maximum Gasteiger partial charge on any atom is 0.150 e. The van der Waals surface area contributed by atoms with Gasteiger partial charge in [-0.15, -0.1) is 0 Å². The van der Waals surface area contributed by atoms with Gasteiger partial charge < -0.3 is 4.90 Å². The Bertz CT molecular complexity index is 572. The number of anilines is 1. The number of carbonyl (C=O) groups is 1. The van der Waals surface area contributed by atoms with Crippen LogP contribution in [0.2, 0.25) is 0 Å². The van der Waals surface area contributed by atoms with E-state index in [0.717, 1.165) is 36.3 Å². The van der Waals surface area contributed by atoms with Crippen LogP contribution in [-0.2, 0) is 0 Å². The highest BCUT2D eigenvalue weighted by Crippen LogP contribution is 2.23. The van der Waals surface area contributed by atoms with Crippen molar-refractivity contribution in [3.8, 4) is 11.1 Å². The van der Waals surface area contributed by atoms with Crippen LogP contribution in [0.1, 0.15) is 23.2 Å². The average Bonchev–Trinajstić information content (AvgIpc) is 3.02. The normalized spacial score (nSPS) is 14.6. The van der Waals surface area contributed by atoms with E-state index in [4.69, 9.17) is 0 Å². The summed E-state index contributed by atoms with van der Waals surface area (Å²) >= 11 is 0. The Morgan fingerprint density at radius 1 is 1.05 bits per heavy atom. The number of hydrogen-bond acceptors (Lipinski definition) is 3.